The molecule has 0 saturated carbocycles. The molecule has 0 spiro atoms. The molecular formula is C14H20N2O4. The molecule has 20 heavy (non-hydrogen) atoms. The zero-order valence-electron chi connectivity index (χ0n) is 11.3. The molecule has 1 saturated heterocycles. The fourth-order valence-corrected chi connectivity index (χ4v) is 2.11. The number of nitrogens with one attached hydrogen (secondary N) is 1. The Kier molecular flexibility index (Phi) is 4.72. The van der Waals surface area contributed by atoms with Crippen molar-refractivity contribution in [3.63, 3.8) is 0 Å². The fourth-order valence-electron chi connectivity index (χ4n) is 2.11. The van der Waals surface area contributed by atoms with Crippen LogP contribution in [0, 0.1) is 6.92 Å². The van der Waals surface area contributed by atoms with Crippen LogP contribution >= 0.6 is 0 Å². The van der Waals surface area contributed by atoms with Crippen LogP contribution in [0.25, 0.3) is 0 Å². The SMILES string of the molecule is Cc1ccc(CN=C2NC(CO)C(O)C(O)[C@@H]2O)cc1. The van der Waals surface area contributed by atoms with Crippen LogP contribution in [0.4, 0.5) is 0 Å². The summed E-state index contributed by atoms with van der Waals surface area (Å²) in [5.41, 5.74) is 2.12. The number of amidine groups is 1. The molecule has 4 atom stereocenters. The van der Waals surface area contributed by atoms with Gasteiger partial charge in [-0.05, 0) is 12.5 Å². The Morgan fingerprint density at radius 3 is 2.35 bits per heavy atom. The summed E-state index contributed by atoms with van der Waals surface area (Å²) in [4.78, 5) is 4.22. The maximum atomic E-state index is 9.86. The Hall–Kier alpha value is -1.47. The lowest BCUT2D eigenvalue weighted by Crippen LogP contribution is -2.63. The number of piperidine rings is 1. The van der Waals surface area contributed by atoms with Gasteiger partial charge in [0.05, 0.1) is 19.2 Å². The van der Waals surface area contributed by atoms with Crippen LogP contribution in [-0.4, -0.2) is 57.2 Å². The maximum absolute atomic E-state index is 9.86. The van der Waals surface area contributed by atoms with E-state index in [2.05, 4.69) is 10.3 Å². The number of hydrogen-bond donors (Lipinski definition) is 5. The molecule has 1 heterocycles. The highest BCUT2D eigenvalue weighted by molar-refractivity contribution is 5.88. The van der Waals surface area contributed by atoms with Crippen molar-refractivity contribution in [2.45, 2.75) is 37.8 Å². The van der Waals surface area contributed by atoms with Crippen LogP contribution in [0.5, 0.6) is 0 Å². The first kappa shape index (κ1) is 14.9. The van der Waals surface area contributed by atoms with E-state index < -0.39 is 24.4 Å². The quantitative estimate of drug-likeness (QED) is 0.485. The molecule has 1 aliphatic rings. The monoisotopic (exact) mass is 280 g/mol. The van der Waals surface area contributed by atoms with Crippen LogP contribution in [-0.2, 0) is 6.54 Å². The van der Waals surface area contributed by atoms with Crippen molar-refractivity contribution < 1.29 is 20.4 Å². The van der Waals surface area contributed by atoms with Crippen LogP contribution in [0.1, 0.15) is 11.1 Å². The Morgan fingerprint density at radius 2 is 1.75 bits per heavy atom. The molecule has 0 aromatic heterocycles. The van der Waals surface area contributed by atoms with Crippen molar-refractivity contribution in [3.05, 3.63) is 35.4 Å². The number of aryl methyl sites for hydroxylation is 1. The van der Waals surface area contributed by atoms with Crippen LogP contribution in [0.2, 0.25) is 0 Å². The predicted molar refractivity (Wildman–Crippen MR) is 74.3 cm³/mol. The molecule has 1 aromatic rings. The van der Waals surface area contributed by atoms with Crippen LogP contribution in [0.15, 0.2) is 29.3 Å². The minimum atomic E-state index is -1.36. The lowest BCUT2D eigenvalue weighted by Gasteiger charge is -2.36. The molecule has 2 rings (SSSR count). The number of aliphatic imine (C=N–C) groups is 1. The molecule has 1 aliphatic heterocycles. The molecule has 0 radical (unpaired) electrons. The number of aliphatic hydroxyl groups excluding tert-OH is 4. The van der Waals surface area contributed by atoms with Gasteiger partial charge < -0.3 is 25.7 Å². The van der Waals surface area contributed by atoms with E-state index in [0.717, 1.165) is 11.1 Å². The smallest absolute Gasteiger partial charge is 0.139 e. The molecule has 0 aliphatic carbocycles. The van der Waals surface area contributed by atoms with Gasteiger partial charge in [-0.3, -0.25) is 4.99 Å². The average molecular weight is 280 g/mol. The summed E-state index contributed by atoms with van der Waals surface area (Å²) in [5, 5.41) is 41.1. The van der Waals surface area contributed by atoms with Gasteiger partial charge in [-0.25, -0.2) is 0 Å². The first-order valence-corrected chi connectivity index (χ1v) is 6.54. The molecule has 1 aromatic carbocycles. The van der Waals surface area contributed by atoms with Gasteiger partial charge in [0.1, 0.15) is 24.1 Å². The Labute approximate surface area is 117 Å². The summed E-state index contributed by atoms with van der Waals surface area (Å²) < 4.78 is 0. The van der Waals surface area contributed by atoms with Gasteiger partial charge in [-0.1, -0.05) is 29.8 Å². The van der Waals surface area contributed by atoms with Gasteiger partial charge in [-0.2, -0.15) is 0 Å². The highest BCUT2D eigenvalue weighted by Crippen LogP contribution is 2.13. The zero-order valence-corrected chi connectivity index (χ0v) is 11.3. The van der Waals surface area contributed by atoms with Crippen LogP contribution in [0.3, 0.4) is 0 Å². The van der Waals surface area contributed by atoms with E-state index >= 15 is 0 Å². The topological polar surface area (TPSA) is 105 Å². The summed E-state index contributed by atoms with van der Waals surface area (Å²) in [6.45, 7) is 1.99. The largest absolute Gasteiger partial charge is 0.394 e. The predicted octanol–water partition coefficient (Wildman–Crippen LogP) is -1.06. The van der Waals surface area contributed by atoms with E-state index in [4.69, 9.17) is 5.11 Å². The number of aliphatic hydroxyl groups is 4. The molecule has 3 unspecified atom stereocenters. The molecule has 0 bridgehead atoms. The molecule has 110 valence electrons. The minimum Gasteiger partial charge on any atom is -0.394 e. The number of benzene rings is 1. The van der Waals surface area contributed by atoms with Gasteiger partial charge in [-0.15, -0.1) is 0 Å². The van der Waals surface area contributed by atoms with Crippen molar-refractivity contribution >= 4 is 5.84 Å². The lowest BCUT2D eigenvalue weighted by atomic mass is 9.95. The maximum Gasteiger partial charge on any atom is 0.139 e. The van der Waals surface area contributed by atoms with E-state index in [9.17, 15) is 15.3 Å². The van der Waals surface area contributed by atoms with Gasteiger partial charge in [0, 0.05) is 0 Å². The zero-order chi connectivity index (χ0) is 14.7. The van der Waals surface area contributed by atoms with E-state index in [1.165, 1.54) is 0 Å². The highest BCUT2D eigenvalue weighted by atomic mass is 16.4. The van der Waals surface area contributed by atoms with E-state index in [1.54, 1.807) is 0 Å². The Morgan fingerprint density at radius 1 is 1.10 bits per heavy atom. The molecule has 6 nitrogen and oxygen atoms in total. The summed E-state index contributed by atoms with van der Waals surface area (Å²) in [7, 11) is 0. The Balaban J connectivity index is 2.10. The fraction of sp³-hybridized carbons (Fsp3) is 0.500. The summed E-state index contributed by atoms with van der Waals surface area (Å²) in [6, 6.07) is 7.07. The molecule has 1 fully saturated rings. The second-order valence-electron chi connectivity index (χ2n) is 5.05. The summed E-state index contributed by atoms with van der Waals surface area (Å²) in [5.74, 6) is 0.183. The normalized spacial score (nSPS) is 32.1. The van der Waals surface area contributed by atoms with Gasteiger partial charge >= 0.3 is 0 Å². The van der Waals surface area contributed by atoms with Gasteiger partial charge in [0.2, 0.25) is 0 Å². The molecule has 5 N–H and O–H groups in total. The van der Waals surface area contributed by atoms with E-state index in [-0.39, 0.29) is 12.4 Å². The first-order chi connectivity index (χ1) is 9.52. The van der Waals surface area contributed by atoms with E-state index in [0.29, 0.717) is 6.54 Å². The van der Waals surface area contributed by atoms with Crippen LogP contribution < -0.4 is 5.32 Å². The number of hydrogen-bond acceptors (Lipinski definition) is 5. The number of rotatable bonds is 3. The number of nitrogens with zero attached hydrogens (tertiary/aromatic N) is 1. The third-order valence-corrected chi connectivity index (χ3v) is 3.45. The standard InChI is InChI=1S/C14H20N2O4/c1-8-2-4-9(5-3-8)6-15-14-13(20)12(19)11(18)10(7-17)16-14/h2-5,10-13,17-20H,6-7H2,1H3,(H,15,16)/t10?,11?,12?,13-/m0/s1. The summed E-state index contributed by atoms with van der Waals surface area (Å²) >= 11 is 0. The van der Waals surface area contributed by atoms with Crippen molar-refractivity contribution in [1.82, 2.24) is 5.32 Å². The third kappa shape index (κ3) is 3.16. The second kappa shape index (κ2) is 6.32. The van der Waals surface area contributed by atoms with Gasteiger partial charge in [0.15, 0.2) is 0 Å². The molecular weight excluding hydrogens is 260 g/mol. The van der Waals surface area contributed by atoms with Crippen molar-refractivity contribution in [2.75, 3.05) is 6.61 Å². The minimum absolute atomic E-state index is 0.183. The lowest BCUT2D eigenvalue weighted by molar-refractivity contribution is -0.0681. The van der Waals surface area contributed by atoms with Gasteiger partial charge in [0.25, 0.3) is 0 Å². The first-order valence-electron chi connectivity index (χ1n) is 6.54. The molecule has 6 heteroatoms. The average Bonchev–Trinajstić information content (AvgIpc) is 2.46. The highest BCUT2D eigenvalue weighted by Gasteiger charge is 2.39. The molecule has 0 amide bonds. The van der Waals surface area contributed by atoms with Crippen molar-refractivity contribution in [1.29, 1.82) is 0 Å². The second-order valence-corrected chi connectivity index (χ2v) is 5.05. The van der Waals surface area contributed by atoms with Crippen molar-refractivity contribution in [2.24, 2.45) is 4.99 Å². The Bertz CT molecular complexity index is 473. The summed E-state index contributed by atoms with van der Waals surface area (Å²) in [6.07, 6.45) is -3.86. The van der Waals surface area contributed by atoms with Crippen molar-refractivity contribution in [3.8, 4) is 0 Å². The van der Waals surface area contributed by atoms with E-state index in [1.807, 2.05) is 31.2 Å². The third-order valence-electron chi connectivity index (χ3n) is 3.45.